The summed E-state index contributed by atoms with van der Waals surface area (Å²) in [4.78, 5) is 15.1. The third-order valence-corrected chi connectivity index (χ3v) is 5.57. The van der Waals surface area contributed by atoms with Gasteiger partial charge in [0.25, 0.3) is 10.0 Å². The number of nitrogens with one attached hydrogen (secondary N) is 2. The Morgan fingerprint density at radius 1 is 1.53 bits per heavy atom. The van der Waals surface area contributed by atoms with E-state index in [9.17, 15) is 13.2 Å². The van der Waals surface area contributed by atoms with Gasteiger partial charge >= 0.3 is 0 Å². The number of rotatable bonds is 7. The Kier molecular flexibility index (Phi) is 4.77. The van der Waals surface area contributed by atoms with E-state index in [1.165, 1.54) is 6.20 Å². The van der Waals surface area contributed by atoms with E-state index in [2.05, 4.69) is 15.0 Å². The van der Waals surface area contributed by atoms with E-state index in [-0.39, 0.29) is 21.1 Å². The molecular formula is C10H14ClN3O3S2. The van der Waals surface area contributed by atoms with Crippen molar-refractivity contribution in [3.63, 3.8) is 0 Å². The normalized spacial score (nSPS) is 15.4. The maximum Gasteiger partial charge on any atom is 0.251 e. The van der Waals surface area contributed by atoms with Crippen molar-refractivity contribution in [1.82, 2.24) is 15.0 Å². The second kappa shape index (κ2) is 6.17. The van der Waals surface area contributed by atoms with E-state index in [4.69, 9.17) is 11.6 Å². The number of amides is 1. The Labute approximate surface area is 120 Å². The van der Waals surface area contributed by atoms with Gasteiger partial charge in [0.1, 0.15) is 0 Å². The average molecular weight is 324 g/mol. The van der Waals surface area contributed by atoms with Crippen LogP contribution < -0.4 is 10.0 Å². The number of sulfonamides is 1. The van der Waals surface area contributed by atoms with E-state index in [0.717, 1.165) is 24.2 Å². The fourth-order valence-electron chi connectivity index (χ4n) is 1.42. The molecule has 106 valence electrons. The summed E-state index contributed by atoms with van der Waals surface area (Å²) in [6, 6.07) is 0.337. The predicted molar refractivity (Wildman–Crippen MR) is 72.7 cm³/mol. The van der Waals surface area contributed by atoms with Crippen LogP contribution in [0.2, 0.25) is 4.47 Å². The van der Waals surface area contributed by atoms with Crippen molar-refractivity contribution in [3.8, 4) is 0 Å². The third kappa shape index (κ3) is 4.72. The smallest absolute Gasteiger partial charge is 0.251 e. The maximum absolute atomic E-state index is 11.8. The van der Waals surface area contributed by atoms with Gasteiger partial charge in [-0.1, -0.05) is 22.9 Å². The Bertz CT molecular complexity index is 554. The van der Waals surface area contributed by atoms with Gasteiger partial charge in [0.05, 0.1) is 6.20 Å². The van der Waals surface area contributed by atoms with Crippen LogP contribution in [0.3, 0.4) is 0 Å². The maximum atomic E-state index is 11.8. The first kappa shape index (κ1) is 14.7. The minimum absolute atomic E-state index is 0.0254. The molecule has 1 amide bonds. The van der Waals surface area contributed by atoms with E-state index in [1.807, 2.05) is 0 Å². The first-order valence-corrected chi connectivity index (χ1v) is 8.55. The molecule has 1 heterocycles. The van der Waals surface area contributed by atoms with Gasteiger partial charge in [-0.3, -0.25) is 4.79 Å². The minimum Gasteiger partial charge on any atom is -0.353 e. The van der Waals surface area contributed by atoms with Crippen LogP contribution in [0.15, 0.2) is 10.4 Å². The lowest BCUT2D eigenvalue weighted by Gasteiger charge is -2.05. The van der Waals surface area contributed by atoms with Gasteiger partial charge in [-0.2, -0.15) is 0 Å². The van der Waals surface area contributed by atoms with Crippen LogP contribution in [-0.4, -0.2) is 31.9 Å². The van der Waals surface area contributed by atoms with Gasteiger partial charge in [0, 0.05) is 19.0 Å². The van der Waals surface area contributed by atoms with Crippen molar-refractivity contribution in [2.45, 2.75) is 35.9 Å². The summed E-state index contributed by atoms with van der Waals surface area (Å²) >= 11 is 6.49. The molecule has 9 heteroatoms. The van der Waals surface area contributed by atoms with Crippen molar-refractivity contribution < 1.29 is 13.2 Å². The van der Waals surface area contributed by atoms with Crippen LogP contribution in [0.25, 0.3) is 0 Å². The molecule has 0 saturated heterocycles. The molecule has 1 aromatic rings. The molecule has 0 bridgehead atoms. The average Bonchev–Trinajstić information content (AvgIpc) is 3.03. The standard InChI is InChI=1S/C10H14ClN3O3S2/c11-10-12-6-9(18-10)19(16,17)13-5-1-2-8(15)14-7-3-4-7/h6-7,13H,1-5H2,(H,14,15). The van der Waals surface area contributed by atoms with Gasteiger partial charge in [0.2, 0.25) is 5.91 Å². The highest BCUT2D eigenvalue weighted by molar-refractivity contribution is 7.91. The zero-order chi connectivity index (χ0) is 13.9. The van der Waals surface area contributed by atoms with E-state index < -0.39 is 10.0 Å². The van der Waals surface area contributed by atoms with E-state index >= 15 is 0 Å². The van der Waals surface area contributed by atoms with E-state index in [1.54, 1.807) is 0 Å². The first-order chi connectivity index (χ1) is 8.97. The second-order valence-electron chi connectivity index (χ2n) is 4.28. The lowest BCUT2D eigenvalue weighted by molar-refractivity contribution is -0.121. The van der Waals surface area contributed by atoms with Gasteiger partial charge < -0.3 is 5.32 Å². The number of aromatic nitrogens is 1. The Morgan fingerprint density at radius 2 is 2.26 bits per heavy atom. The van der Waals surface area contributed by atoms with Gasteiger partial charge in [-0.05, 0) is 19.3 Å². The third-order valence-electron chi connectivity index (χ3n) is 2.54. The van der Waals surface area contributed by atoms with Gasteiger partial charge in [0.15, 0.2) is 8.68 Å². The van der Waals surface area contributed by atoms with Crippen LogP contribution in [0.5, 0.6) is 0 Å². The molecule has 0 atom stereocenters. The molecule has 1 fully saturated rings. The van der Waals surface area contributed by atoms with Gasteiger partial charge in [-0.15, -0.1) is 0 Å². The predicted octanol–water partition coefficient (Wildman–Crippen LogP) is 1.13. The highest BCUT2D eigenvalue weighted by Crippen LogP contribution is 2.22. The zero-order valence-electron chi connectivity index (χ0n) is 10.1. The topological polar surface area (TPSA) is 88.2 Å². The van der Waals surface area contributed by atoms with Crippen molar-refractivity contribution in [1.29, 1.82) is 0 Å². The number of carbonyl (C=O) groups excluding carboxylic acids is 1. The van der Waals surface area contributed by atoms with Crippen LogP contribution in [-0.2, 0) is 14.8 Å². The van der Waals surface area contributed by atoms with Crippen LogP contribution in [0, 0.1) is 0 Å². The number of hydrogen-bond donors (Lipinski definition) is 2. The molecule has 1 aliphatic rings. The molecule has 2 rings (SSSR count). The quantitative estimate of drug-likeness (QED) is 0.736. The fraction of sp³-hybridized carbons (Fsp3) is 0.600. The minimum atomic E-state index is -3.56. The number of thiazole rings is 1. The molecule has 6 nitrogen and oxygen atoms in total. The molecule has 0 unspecified atom stereocenters. The monoisotopic (exact) mass is 323 g/mol. The SMILES string of the molecule is O=C(CCCNS(=O)(=O)c1cnc(Cl)s1)NC1CC1. The van der Waals surface area contributed by atoms with E-state index in [0.29, 0.717) is 18.9 Å². The molecule has 0 spiro atoms. The number of carbonyl (C=O) groups is 1. The summed E-state index contributed by atoms with van der Waals surface area (Å²) in [5.41, 5.74) is 0. The molecule has 19 heavy (non-hydrogen) atoms. The second-order valence-corrected chi connectivity index (χ2v) is 7.88. The molecule has 2 N–H and O–H groups in total. The summed E-state index contributed by atoms with van der Waals surface area (Å²) in [7, 11) is -3.56. The molecule has 1 aromatic heterocycles. The summed E-state index contributed by atoms with van der Waals surface area (Å²) in [6.45, 7) is 0.218. The van der Waals surface area contributed by atoms with Crippen molar-refractivity contribution in [2.75, 3.05) is 6.54 Å². The Morgan fingerprint density at radius 3 is 2.84 bits per heavy atom. The van der Waals surface area contributed by atoms with Crippen molar-refractivity contribution in [3.05, 3.63) is 10.7 Å². The molecule has 1 saturated carbocycles. The lowest BCUT2D eigenvalue weighted by Crippen LogP contribution is -2.28. The highest BCUT2D eigenvalue weighted by Gasteiger charge is 2.23. The van der Waals surface area contributed by atoms with Crippen LogP contribution in [0.4, 0.5) is 0 Å². The zero-order valence-corrected chi connectivity index (χ0v) is 12.4. The number of nitrogens with zero attached hydrogens (tertiary/aromatic N) is 1. The molecule has 0 aromatic carbocycles. The fourth-order valence-corrected chi connectivity index (χ4v) is 3.83. The van der Waals surface area contributed by atoms with Crippen LogP contribution in [0.1, 0.15) is 25.7 Å². The summed E-state index contributed by atoms with van der Waals surface area (Å²) in [5.74, 6) is -0.0254. The molecule has 0 radical (unpaired) electrons. The summed E-state index contributed by atoms with van der Waals surface area (Å²) < 4.78 is 26.2. The molecule has 0 aliphatic heterocycles. The lowest BCUT2D eigenvalue weighted by atomic mass is 10.3. The summed E-state index contributed by atoms with van der Waals surface area (Å²) in [5, 5.41) is 2.84. The largest absolute Gasteiger partial charge is 0.353 e. The molecule has 1 aliphatic carbocycles. The first-order valence-electron chi connectivity index (χ1n) is 5.88. The number of hydrogen-bond acceptors (Lipinski definition) is 5. The Balaban J connectivity index is 1.71. The van der Waals surface area contributed by atoms with Gasteiger partial charge in [-0.25, -0.2) is 18.1 Å². The Hall–Kier alpha value is -0.700. The van der Waals surface area contributed by atoms with Crippen LogP contribution >= 0.6 is 22.9 Å². The number of halogens is 1. The van der Waals surface area contributed by atoms with Crippen molar-refractivity contribution in [2.24, 2.45) is 0 Å². The highest BCUT2D eigenvalue weighted by atomic mass is 35.5. The van der Waals surface area contributed by atoms with Crippen molar-refractivity contribution >= 4 is 38.9 Å². The molecular weight excluding hydrogens is 310 g/mol. The summed E-state index contributed by atoms with van der Waals surface area (Å²) in [6.07, 6.45) is 4.09.